The average molecular weight is 514 g/mol. The van der Waals surface area contributed by atoms with E-state index in [-0.39, 0.29) is 24.3 Å². The fourth-order valence-corrected chi connectivity index (χ4v) is 6.42. The SMILES string of the molecule is CC1c2cc(-c3cc(CN4CCCC4)c4ccn(C5COC5)c4n3)ccc2C(=O)N1C1CCC(=O)NC1=O. The highest BCUT2D eigenvalue weighted by molar-refractivity contribution is 6.06. The van der Waals surface area contributed by atoms with E-state index in [1.54, 1.807) is 4.90 Å². The maximum absolute atomic E-state index is 13.4. The number of benzene rings is 1. The standard InChI is InChI=1S/C29H31N5O4/c1-17-23-12-18(4-5-22(23)29(37)34(17)25-6-7-26(35)31-28(25)36)24-13-19(14-32-9-2-3-10-32)21-8-11-33(27(21)30-24)20-15-38-16-20/h4-5,8,11-13,17,20,25H,2-3,6-7,9-10,14-16H2,1H3,(H,31,35,36). The van der Waals surface area contributed by atoms with E-state index < -0.39 is 11.9 Å². The molecule has 0 aliphatic carbocycles. The molecular weight excluding hydrogens is 482 g/mol. The van der Waals surface area contributed by atoms with E-state index in [9.17, 15) is 14.4 Å². The smallest absolute Gasteiger partial charge is 0.255 e. The molecule has 196 valence electrons. The highest BCUT2D eigenvalue weighted by atomic mass is 16.5. The lowest BCUT2D eigenvalue weighted by atomic mass is 9.98. The first-order chi connectivity index (χ1) is 18.5. The van der Waals surface area contributed by atoms with Crippen molar-refractivity contribution in [2.24, 2.45) is 0 Å². The zero-order valence-corrected chi connectivity index (χ0v) is 21.5. The van der Waals surface area contributed by atoms with Crippen LogP contribution in [0.3, 0.4) is 0 Å². The van der Waals surface area contributed by atoms with Crippen LogP contribution in [0.2, 0.25) is 0 Å². The summed E-state index contributed by atoms with van der Waals surface area (Å²) in [6.07, 6.45) is 5.19. The van der Waals surface area contributed by atoms with Crippen molar-refractivity contribution in [3.05, 3.63) is 53.2 Å². The van der Waals surface area contributed by atoms with Crippen LogP contribution in [-0.4, -0.2) is 69.4 Å². The number of aromatic nitrogens is 2. The third-order valence-electron chi connectivity index (χ3n) is 8.60. The largest absolute Gasteiger partial charge is 0.377 e. The van der Waals surface area contributed by atoms with E-state index in [1.165, 1.54) is 23.8 Å². The van der Waals surface area contributed by atoms with E-state index in [4.69, 9.17) is 9.72 Å². The molecule has 1 N–H and O–H groups in total. The molecule has 2 unspecified atom stereocenters. The molecule has 9 nitrogen and oxygen atoms in total. The summed E-state index contributed by atoms with van der Waals surface area (Å²) in [5.74, 6) is -0.839. The number of pyridine rings is 1. The number of piperidine rings is 1. The van der Waals surface area contributed by atoms with Crippen LogP contribution in [0.25, 0.3) is 22.3 Å². The number of nitrogens with one attached hydrogen (secondary N) is 1. The van der Waals surface area contributed by atoms with Gasteiger partial charge in [-0.1, -0.05) is 6.07 Å². The van der Waals surface area contributed by atoms with Crippen LogP contribution >= 0.6 is 0 Å². The van der Waals surface area contributed by atoms with Crippen molar-refractivity contribution in [1.82, 2.24) is 24.7 Å². The van der Waals surface area contributed by atoms with E-state index in [0.29, 0.717) is 31.2 Å². The maximum Gasteiger partial charge on any atom is 0.255 e. The molecule has 3 fully saturated rings. The Kier molecular flexibility index (Phi) is 5.59. The third kappa shape index (κ3) is 3.75. The lowest BCUT2D eigenvalue weighted by Gasteiger charge is -2.32. The number of carbonyl (C=O) groups excluding carboxylic acids is 3. The van der Waals surface area contributed by atoms with Gasteiger partial charge in [-0.05, 0) is 74.7 Å². The molecule has 0 spiro atoms. The normalized spacial score (nSPS) is 24.2. The van der Waals surface area contributed by atoms with Crippen LogP contribution in [0.1, 0.15) is 66.2 Å². The number of nitrogens with zero attached hydrogens (tertiary/aromatic N) is 4. The van der Waals surface area contributed by atoms with E-state index in [2.05, 4.69) is 39.2 Å². The summed E-state index contributed by atoms with van der Waals surface area (Å²) in [4.78, 5) is 46.8. The van der Waals surface area contributed by atoms with Crippen LogP contribution in [0.5, 0.6) is 0 Å². The van der Waals surface area contributed by atoms with Gasteiger partial charge in [0, 0.05) is 35.7 Å². The molecule has 7 rings (SSSR count). The highest BCUT2D eigenvalue weighted by Gasteiger charge is 2.43. The minimum Gasteiger partial charge on any atom is -0.377 e. The molecule has 0 saturated carbocycles. The maximum atomic E-state index is 13.4. The summed E-state index contributed by atoms with van der Waals surface area (Å²) in [6.45, 7) is 6.47. The van der Waals surface area contributed by atoms with E-state index in [0.717, 1.165) is 42.1 Å². The predicted molar refractivity (Wildman–Crippen MR) is 140 cm³/mol. The Labute approximate surface area is 220 Å². The van der Waals surface area contributed by atoms with Gasteiger partial charge in [0.25, 0.3) is 5.91 Å². The minimum atomic E-state index is -0.638. The summed E-state index contributed by atoms with van der Waals surface area (Å²) in [6, 6.07) is 9.64. The van der Waals surface area contributed by atoms with Gasteiger partial charge in [0.05, 0.1) is 31.0 Å². The molecule has 38 heavy (non-hydrogen) atoms. The van der Waals surface area contributed by atoms with Crippen LogP contribution in [0.4, 0.5) is 0 Å². The van der Waals surface area contributed by atoms with Crippen molar-refractivity contribution in [2.45, 2.75) is 57.3 Å². The molecule has 2 aromatic heterocycles. The highest BCUT2D eigenvalue weighted by Crippen LogP contribution is 2.39. The Morgan fingerprint density at radius 1 is 1.08 bits per heavy atom. The third-order valence-corrected chi connectivity index (χ3v) is 8.60. The number of likely N-dealkylation sites (tertiary alicyclic amines) is 1. The van der Waals surface area contributed by atoms with Gasteiger partial charge in [-0.2, -0.15) is 0 Å². The second-order valence-corrected chi connectivity index (χ2v) is 11.0. The molecule has 2 atom stereocenters. The Hall–Kier alpha value is -3.56. The van der Waals surface area contributed by atoms with Gasteiger partial charge in [-0.25, -0.2) is 4.98 Å². The Bertz CT molecular complexity index is 1470. The Morgan fingerprint density at radius 3 is 2.63 bits per heavy atom. The molecule has 0 bridgehead atoms. The second-order valence-electron chi connectivity index (χ2n) is 11.0. The summed E-state index contributed by atoms with van der Waals surface area (Å²) in [5.41, 5.74) is 5.58. The fourth-order valence-electron chi connectivity index (χ4n) is 6.42. The van der Waals surface area contributed by atoms with Crippen molar-refractivity contribution in [3.8, 4) is 11.3 Å². The van der Waals surface area contributed by atoms with Crippen molar-refractivity contribution in [2.75, 3.05) is 26.3 Å². The van der Waals surface area contributed by atoms with Crippen molar-refractivity contribution >= 4 is 28.8 Å². The van der Waals surface area contributed by atoms with Crippen molar-refractivity contribution < 1.29 is 19.1 Å². The molecule has 4 aliphatic rings. The first-order valence-electron chi connectivity index (χ1n) is 13.6. The molecule has 3 aromatic rings. The van der Waals surface area contributed by atoms with Crippen LogP contribution < -0.4 is 5.32 Å². The zero-order chi connectivity index (χ0) is 26.0. The second kappa shape index (κ2) is 9.03. The van der Waals surface area contributed by atoms with E-state index in [1.807, 2.05) is 19.1 Å². The van der Waals surface area contributed by atoms with Crippen LogP contribution in [0, 0.1) is 0 Å². The zero-order valence-electron chi connectivity index (χ0n) is 21.5. The van der Waals surface area contributed by atoms with Crippen LogP contribution in [-0.2, 0) is 20.9 Å². The quantitative estimate of drug-likeness (QED) is 0.527. The number of fused-ring (bicyclic) bond motifs is 2. The first kappa shape index (κ1) is 23.5. The minimum absolute atomic E-state index is 0.162. The summed E-state index contributed by atoms with van der Waals surface area (Å²) < 4.78 is 7.70. The summed E-state index contributed by atoms with van der Waals surface area (Å²) in [5, 5.41) is 3.57. The average Bonchev–Trinajstić information content (AvgIpc) is 3.59. The van der Waals surface area contributed by atoms with Gasteiger partial charge in [0.1, 0.15) is 11.7 Å². The number of amides is 3. The molecular formula is C29H31N5O4. The number of carbonyl (C=O) groups is 3. The van der Waals surface area contributed by atoms with Gasteiger partial charge in [-0.15, -0.1) is 0 Å². The topological polar surface area (TPSA) is 96.8 Å². The Balaban J connectivity index is 1.27. The number of hydrogen-bond donors (Lipinski definition) is 1. The predicted octanol–water partition coefficient (Wildman–Crippen LogP) is 3.19. The number of imide groups is 1. The number of ether oxygens (including phenoxy) is 1. The molecule has 3 amide bonds. The molecule has 0 radical (unpaired) electrons. The van der Waals surface area contributed by atoms with E-state index >= 15 is 0 Å². The molecule has 1 aromatic carbocycles. The first-order valence-corrected chi connectivity index (χ1v) is 13.6. The monoisotopic (exact) mass is 513 g/mol. The van der Waals surface area contributed by atoms with Gasteiger partial charge >= 0.3 is 0 Å². The van der Waals surface area contributed by atoms with Crippen molar-refractivity contribution in [1.29, 1.82) is 0 Å². The summed E-state index contributed by atoms with van der Waals surface area (Å²) >= 11 is 0. The molecule has 3 saturated heterocycles. The van der Waals surface area contributed by atoms with Gasteiger partial charge in [0.2, 0.25) is 11.8 Å². The van der Waals surface area contributed by atoms with Gasteiger partial charge in [0.15, 0.2) is 0 Å². The lowest BCUT2D eigenvalue weighted by Crippen LogP contribution is -2.53. The number of hydrogen-bond acceptors (Lipinski definition) is 6. The molecule has 6 heterocycles. The lowest BCUT2D eigenvalue weighted by molar-refractivity contribution is -0.137. The number of rotatable bonds is 5. The fraction of sp³-hybridized carbons (Fsp3) is 0.448. The molecule has 9 heteroatoms. The Morgan fingerprint density at radius 2 is 1.89 bits per heavy atom. The van der Waals surface area contributed by atoms with Gasteiger partial charge < -0.3 is 14.2 Å². The van der Waals surface area contributed by atoms with Crippen LogP contribution in [0.15, 0.2) is 36.5 Å². The molecule has 4 aliphatic heterocycles. The van der Waals surface area contributed by atoms with Gasteiger partial charge in [-0.3, -0.25) is 24.6 Å². The summed E-state index contributed by atoms with van der Waals surface area (Å²) in [7, 11) is 0. The van der Waals surface area contributed by atoms with Crippen molar-refractivity contribution in [3.63, 3.8) is 0 Å².